The molecule has 1 aromatic rings. The van der Waals surface area contributed by atoms with Crippen LogP contribution in [-0.2, 0) is 5.54 Å². The molecular formula is C10H14BNO4. The Bertz CT molecular complexity index is 414. The molecule has 0 saturated carbocycles. The van der Waals surface area contributed by atoms with Gasteiger partial charge in [-0.05, 0) is 25.5 Å². The second-order valence-electron chi connectivity index (χ2n) is 4.36. The second kappa shape index (κ2) is 3.66. The van der Waals surface area contributed by atoms with Crippen LogP contribution >= 0.6 is 0 Å². The van der Waals surface area contributed by atoms with Crippen molar-refractivity contribution in [3.05, 3.63) is 17.7 Å². The summed E-state index contributed by atoms with van der Waals surface area (Å²) in [5.74, 6) is 0.877. The van der Waals surface area contributed by atoms with E-state index in [2.05, 4.69) is 0 Å². The quantitative estimate of drug-likeness (QED) is 0.576. The first-order valence-electron chi connectivity index (χ1n) is 4.99. The highest BCUT2D eigenvalue weighted by molar-refractivity contribution is 6.60. The number of hydrogen-bond donors (Lipinski definition) is 3. The van der Waals surface area contributed by atoms with Crippen LogP contribution in [0.2, 0.25) is 0 Å². The van der Waals surface area contributed by atoms with Gasteiger partial charge in [0.1, 0.15) is 0 Å². The molecule has 1 heterocycles. The minimum atomic E-state index is -1.63. The van der Waals surface area contributed by atoms with E-state index >= 15 is 0 Å². The van der Waals surface area contributed by atoms with E-state index < -0.39 is 12.7 Å². The fraction of sp³-hybridized carbons (Fsp3) is 0.400. The van der Waals surface area contributed by atoms with Gasteiger partial charge in [-0.3, -0.25) is 0 Å². The van der Waals surface area contributed by atoms with Crippen LogP contribution in [0.5, 0.6) is 11.5 Å². The molecule has 0 amide bonds. The van der Waals surface area contributed by atoms with Crippen molar-refractivity contribution in [1.29, 1.82) is 0 Å². The zero-order valence-electron chi connectivity index (χ0n) is 9.23. The van der Waals surface area contributed by atoms with Gasteiger partial charge in [-0.25, -0.2) is 0 Å². The second-order valence-corrected chi connectivity index (χ2v) is 4.36. The Kier molecular flexibility index (Phi) is 2.57. The molecule has 0 saturated heterocycles. The third-order valence-electron chi connectivity index (χ3n) is 2.53. The van der Waals surface area contributed by atoms with Crippen LogP contribution in [-0.4, -0.2) is 24.0 Å². The topological polar surface area (TPSA) is 84.9 Å². The van der Waals surface area contributed by atoms with Gasteiger partial charge in [0.05, 0.1) is 0 Å². The first-order valence-corrected chi connectivity index (χ1v) is 4.99. The molecule has 0 fully saturated rings. The van der Waals surface area contributed by atoms with E-state index in [-0.39, 0.29) is 12.3 Å². The fourth-order valence-electron chi connectivity index (χ4n) is 1.81. The number of benzene rings is 1. The van der Waals surface area contributed by atoms with E-state index in [9.17, 15) is 10.0 Å². The molecule has 0 aromatic heterocycles. The van der Waals surface area contributed by atoms with E-state index in [1.54, 1.807) is 26.0 Å². The predicted octanol–water partition coefficient (Wildman–Crippen LogP) is -0.711. The van der Waals surface area contributed by atoms with Crippen molar-refractivity contribution in [3.63, 3.8) is 0 Å². The van der Waals surface area contributed by atoms with Gasteiger partial charge in [0.2, 0.25) is 6.79 Å². The van der Waals surface area contributed by atoms with Crippen molar-refractivity contribution in [1.82, 2.24) is 0 Å². The van der Waals surface area contributed by atoms with Crippen LogP contribution in [0.3, 0.4) is 0 Å². The van der Waals surface area contributed by atoms with Crippen LogP contribution in [0.25, 0.3) is 0 Å². The van der Waals surface area contributed by atoms with E-state index in [0.29, 0.717) is 17.1 Å². The van der Waals surface area contributed by atoms with Crippen molar-refractivity contribution in [2.45, 2.75) is 19.4 Å². The lowest BCUT2D eigenvalue weighted by Gasteiger charge is -2.23. The van der Waals surface area contributed by atoms with E-state index in [1.807, 2.05) is 0 Å². The summed E-state index contributed by atoms with van der Waals surface area (Å²) in [6.07, 6.45) is 0. The molecule has 0 aliphatic carbocycles. The molecule has 16 heavy (non-hydrogen) atoms. The van der Waals surface area contributed by atoms with Gasteiger partial charge >= 0.3 is 7.12 Å². The summed E-state index contributed by atoms with van der Waals surface area (Å²) < 4.78 is 10.4. The molecule has 86 valence electrons. The van der Waals surface area contributed by atoms with Gasteiger partial charge in [0.15, 0.2) is 11.5 Å². The summed E-state index contributed by atoms with van der Waals surface area (Å²) >= 11 is 0. The minimum Gasteiger partial charge on any atom is -0.454 e. The van der Waals surface area contributed by atoms with Gasteiger partial charge in [-0.15, -0.1) is 0 Å². The molecule has 0 unspecified atom stereocenters. The van der Waals surface area contributed by atoms with Gasteiger partial charge in [-0.1, -0.05) is 6.07 Å². The number of rotatable bonds is 2. The Hall–Kier alpha value is -1.24. The third kappa shape index (κ3) is 1.75. The Morgan fingerprint density at radius 1 is 1.31 bits per heavy atom. The van der Waals surface area contributed by atoms with Crippen molar-refractivity contribution in [3.8, 4) is 11.5 Å². The Morgan fingerprint density at radius 2 is 2.00 bits per heavy atom. The molecule has 1 aromatic carbocycles. The maximum absolute atomic E-state index is 9.40. The molecule has 1 aliphatic heterocycles. The summed E-state index contributed by atoms with van der Waals surface area (Å²) in [6, 6.07) is 3.44. The summed E-state index contributed by atoms with van der Waals surface area (Å²) in [4.78, 5) is 0. The lowest BCUT2D eigenvalue weighted by molar-refractivity contribution is 0.174. The average Bonchev–Trinajstić information content (AvgIpc) is 2.61. The van der Waals surface area contributed by atoms with Crippen molar-refractivity contribution >= 4 is 12.6 Å². The fourth-order valence-corrected chi connectivity index (χ4v) is 1.81. The van der Waals surface area contributed by atoms with Crippen LogP contribution in [0.4, 0.5) is 0 Å². The van der Waals surface area contributed by atoms with Gasteiger partial charge in [-0.2, -0.15) is 0 Å². The molecule has 2 rings (SSSR count). The smallest absolute Gasteiger partial charge is 0.454 e. The van der Waals surface area contributed by atoms with Gasteiger partial charge in [0, 0.05) is 11.0 Å². The lowest BCUT2D eigenvalue weighted by Crippen LogP contribution is -2.42. The molecule has 5 nitrogen and oxygen atoms in total. The molecule has 0 spiro atoms. The maximum atomic E-state index is 9.40. The normalized spacial score (nSPS) is 14.1. The van der Waals surface area contributed by atoms with Crippen molar-refractivity contribution < 1.29 is 19.5 Å². The summed E-state index contributed by atoms with van der Waals surface area (Å²) in [6.45, 7) is 3.66. The Morgan fingerprint density at radius 3 is 2.56 bits per heavy atom. The van der Waals surface area contributed by atoms with Crippen LogP contribution < -0.4 is 20.7 Å². The van der Waals surface area contributed by atoms with Gasteiger partial charge < -0.3 is 25.3 Å². The monoisotopic (exact) mass is 223 g/mol. The van der Waals surface area contributed by atoms with Crippen molar-refractivity contribution in [2.24, 2.45) is 5.73 Å². The number of hydrogen-bond acceptors (Lipinski definition) is 5. The van der Waals surface area contributed by atoms with Crippen molar-refractivity contribution in [2.75, 3.05) is 6.79 Å². The standard InChI is InChI=1S/C10H14BNO4/c1-10(2,12)6-3-4-7-9(16-5-15-7)8(6)11(13)14/h3-4,13-14H,5,12H2,1-2H3. The SMILES string of the molecule is CC(C)(N)c1ccc2c(c1B(O)O)OCO2. The van der Waals surface area contributed by atoms with E-state index in [4.69, 9.17) is 15.2 Å². The molecular weight excluding hydrogens is 209 g/mol. The largest absolute Gasteiger partial charge is 0.492 e. The third-order valence-corrected chi connectivity index (χ3v) is 2.53. The summed E-state index contributed by atoms with van der Waals surface area (Å²) in [5, 5.41) is 18.8. The number of fused-ring (bicyclic) bond motifs is 1. The van der Waals surface area contributed by atoms with Crippen LogP contribution in [0.1, 0.15) is 19.4 Å². The van der Waals surface area contributed by atoms with Crippen LogP contribution in [0.15, 0.2) is 12.1 Å². The molecule has 4 N–H and O–H groups in total. The van der Waals surface area contributed by atoms with E-state index in [0.717, 1.165) is 0 Å². The van der Waals surface area contributed by atoms with Crippen LogP contribution in [0, 0.1) is 0 Å². The highest BCUT2D eigenvalue weighted by Crippen LogP contribution is 2.33. The zero-order valence-corrected chi connectivity index (χ0v) is 9.23. The highest BCUT2D eigenvalue weighted by Gasteiger charge is 2.32. The summed E-state index contributed by atoms with van der Waals surface area (Å²) in [7, 11) is -1.63. The number of nitrogens with two attached hydrogens (primary N) is 1. The molecule has 1 aliphatic rings. The molecule has 6 heteroatoms. The van der Waals surface area contributed by atoms with Gasteiger partial charge in [0.25, 0.3) is 0 Å². The minimum absolute atomic E-state index is 0.0868. The first kappa shape index (κ1) is 11.3. The first-order chi connectivity index (χ1) is 7.41. The Balaban J connectivity index is 2.63. The lowest BCUT2D eigenvalue weighted by atomic mass is 9.72. The maximum Gasteiger partial charge on any atom is 0.492 e. The number of ether oxygens (including phenoxy) is 2. The average molecular weight is 223 g/mol. The molecule has 0 radical (unpaired) electrons. The van der Waals surface area contributed by atoms with E-state index in [1.165, 1.54) is 0 Å². The highest BCUT2D eigenvalue weighted by atomic mass is 16.7. The predicted molar refractivity (Wildman–Crippen MR) is 59.6 cm³/mol. The molecule has 0 bridgehead atoms. The zero-order chi connectivity index (χ0) is 11.9. The Labute approximate surface area is 93.9 Å². The molecule has 0 atom stereocenters. The summed E-state index contributed by atoms with van der Waals surface area (Å²) in [5.41, 5.74) is 6.20.